The molecule has 0 radical (unpaired) electrons. The molecule has 7 nitrogen and oxygen atoms in total. The standard InChI is InChI=1S/C18H20N2O5/c1-25-15-8-7-11(10-14(15)21)9-13-16(22)19-18(24)20(17(13)23)12-5-3-2-4-6-12/h7-10,12,21H,2-6H2,1H3,(H,19,22,24)/b13-9+. The Kier molecular flexibility index (Phi) is 4.74. The van der Waals surface area contributed by atoms with E-state index in [4.69, 9.17) is 4.74 Å². The number of urea groups is 1. The minimum Gasteiger partial charge on any atom is -0.504 e. The van der Waals surface area contributed by atoms with Crippen molar-refractivity contribution in [2.45, 2.75) is 38.1 Å². The molecule has 0 unspecified atom stereocenters. The number of nitrogens with zero attached hydrogens (tertiary/aromatic N) is 1. The number of imide groups is 2. The number of hydrogen-bond donors (Lipinski definition) is 2. The van der Waals surface area contributed by atoms with Crippen molar-refractivity contribution in [3.05, 3.63) is 29.3 Å². The first kappa shape index (κ1) is 17.0. The summed E-state index contributed by atoms with van der Waals surface area (Å²) in [5.41, 5.74) is 0.351. The van der Waals surface area contributed by atoms with E-state index in [1.807, 2.05) is 0 Å². The van der Waals surface area contributed by atoms with Crippen molar-refractivity contribution in [1.29, 1.82) is 0 Å². The van der Waals surface area contributed by atoms with E-state index < -0.39 is 17.8 Å². The maximum Gasteiger partial charge on any atom is 0.331 e. The van der Waals surface area contributed by atoms with Gasteiger partial charge in [-0.1, -0.05) is 25.3 Å². The van der Waals surface area contributed by atoms with Gasteiger partial charge in [0.15, 0.2) is 11.5 Å². The molecule has 0 atom stereocenters. The molecule has 1 saturated heterocycles. The summed E-state index contributed by atoms with van der Waals surface area (Å²) >= 11 is 0. The van der Waals surface area contributed by atoms with Crippen LogP contribution in [0.4, 0.5) is 4.79 Å². The predicted octanol–water partition coefficient (Wildman–Crippen LogP) is 2.20. The zero-order valence-electron chi connectivity index (χ0n) is 13.9. The van der Waals surface area contributed by atoms with Gasteiger partial charge in [0, 0.05) is 6.04 Å². The Morgan fingerprint density at radius 1 is 1.20 bits per heavy atom. The minimum absolute atomic E-state index is 0.0965. The molecule has 2 N–H and O–H groups in total. The van der Waals surface area contributed by atoms with Gasteiger partial charge in [0.1, 0.15) is 5.57 Å². The second kappa shape index (κ2) is 6.96. The van der Waals surface area contributed by atoms with Crippen molar-refractivity contribution in [3.8, 4) is 11.5 Å². The van der Waals surface area contributed by atoms with Gasteiger partial charge < -0.3 is 9.84 Å². The predicted molar refractivity (Wildman–Crippen MR) is 89.9 cm³/mol. The third-order valence-electron chi connectivity index (χ3n) is 4.59. The number of phenolic OH excluding ortho intramolecular Hbond substituents is 1. The van der Waals surface area contributed by atoms with E-state index in [9.17, 15) is 19.5 Å². The van der Waals surface area contributed by atoms with Crippen LogP contribution < -0.4 is 10.1 Å². The van der Waals surface area contributed by atoms with Crippen LogP contribution in [0.15, 0.2) is 23.8 Å². The lowest BCUT2D eigenvalue weighted by Gasteiger charge is -2.35. The fraction of sp³-hybridized carbons (Fsp3) is 0.389. The summed E-state index contributed by atoms with van der Waals surface area (Å²) in [6.07, 6.45) is 5.89. The number of benzene rings is 1. The number of hydrogen-bond acceptors (Lipinski definition) is 5. The Labute approximate surface area is 145 Å². The summed E-state index contributed by atoms with van der Waals surface area (Å²) in [7, 11) is 1.43. The highest BCUT2D eigenvalue weighted by Crippen LogP contribution is 2.29. The summed E-state index contributed by atoms with van der Waals surface area (Å²) in [5.74, 6) is -1.12. The smallest absolute Gasteiger partial charge is 0.331 e. The van der Waals surface area contributed by atoms with Gasteiger partial charge in [0.2, 0.25) is 0 Å². The number of amides is 4. The van der Waals surface area contributed by atoms with Gasteiger partial charge in [0.25, 0.3) is 11.8 Å². The van der Waals surface area contributed by atoms with E-state index in [1.54, 1.807) is 6.07 Å². The number of nitrogens with one attached hydrogen (secondary N) is 1. The molecule has 2 aliphatic rings. The molecule has 1 aliphatic heterocycles. The summed E-state index contributed by atoms with van der Waals surface area (Å²) in [5, 5.41) is 12.1. The Hall–Kier alpha value is -2.83. The van der Waals surface area contributed by atoms with E-state index in [0.717, 1.165) is 37.0 Å². The van der Waals surface area contributed by atoms with Crippen molar-refractivity contribution in [3.63, 3.8) is 0 Å². The lowest BCUT2D eigenvalue weighted by atomic mass is 9.93. The van der Waals surface area contributed by atoms with E-state index in [1.165, 1.54) is 25.3 Å². The third kappa shape index (κ3) is 3.35. The first-order valence-corrected chi connectivity index (χ1v) is 8.29. The molecule has 25 heavy (non-hydrogen) atoms. The lowest BCUT2D eigenvalue weighted by molar-refractivity contribution is -0.132. The van der Waals surface area contributed by atoms with Crippen LogP contribution in [0.1, 0.15) is 37.7 Å². The molecule has 1 aliphatic carbocycles. The molecule has 1 aromatic rings. The number of carbonyl (C=O) groups is 3. The van der Waals surface area contributed by atoms with Crippen molar-refractivity contribution < 1.29 is 24.2 Å². The van der Waals surface area contributed by atoms with Crippen LogP contribution in [0.3, 0.4) is 0 Å². The minimum atomic E-state index is -0.725. The van der Waals surface area contributed by atoms with Gasteiger partial charge in [-0.15, -0.1) is 0 Å². The van der Waals surface area contributed by atoms with Gasteiger partial charge in [-0.25, -0.2) is 4.79 Å². The van der Waals surface area contributed by atoms with Gasteiger partial charge in [-0.05, 0) is 36.6 Å². The zero-order valence-corrected chi connectivity index (χ0v) is 13.9. The van der Waals surface area contributed by atoms with E-state index in [2.05, 4.69) is 5.32 Å². The second-order valence-electron chi connectivity index (χ2n) is 6.22. The van der Waals surface area contributed by atoms with Crippen LogP contribution in [-0.2, 0) is 9.59 Å². The summed E-state index contributed by atoms with van der Waals surface area (Å²) < 4.78 is 4.97. The molecule has 7 heteroatoms. The summed E-state index contributed by atoms with van der Waals surface area (Å²) in [6.45, 7) is 0. The maximum absolute atomic E-state index is 12.7. The average molecular weight is 344 g/mol. The summed E-state index contributed by atoms with van der Waals surface area (Å²) in [6, 6.07) is 3.72. The Balaban J connectivity index is 1.91. The number of aromatic hydroxyl groups is 1. The molecule has 4 amide bonds. The molecule has 1 heterocycles. The summed E-state index contributed by atoms with van der Waals surface area (Å²) in [4.78, 5) is 38.2. The monoisotopic (exact) mass is 344 g/mol. The molecule has 0 bridgehead atoms. The van der Waals surface area contributed by atoms with Crippen LogP contribution in [0, 0.1) is 0 Å². The number of ether oxygens (including phenoxy) is 1. The molecule has 3 rings (SSSR count). The van der Waals surface area contributed by atoms with Crippen LogP contribution in [-0.4, -0.2) is 41.0 Å². The fourth-order valence-electron chi connectivity index (χ4n) is 3.31. The third-order valence-corrected chi connectivity index (χ3v) is 4.59. The van der Waals surface area contributed by atoms with Crippen LogP contribution >= 0.6 is 0 Å². The number of phenols is 1. The highest BCUT2D eigenvalue weighted by atomic mass is 16.5. The first-order valence-electron chi connectivity index (χ1n) is 8.29. The van der Waals surface area contributed by atoms with Gasteiger partial charge >= 0.3 is 6.03 Å². The molecular formula is C18H20N2O5. The van der Waals surface area contributed by atoms with Gasteiger partial charge in [-0.2, -0.15) is 0 Å². The van der Waals surface area contributed by atoms with Crippen molar-refractivity contribution in [2.75, 3.05) is 7.11 Å². The van der Waals surface area contributed by atoms with Crippen molar-refractivity contribution >= 4 is 23.9 Å². The highest BCUT2D eigenvalue weighted by Gasteiger charge is 2.40. The SMILES string of the molecule is COc1ccc(/C=C2\C(=O)NC(=O)N(C3CCCCC3)C2=O)cc1O. The molecule has 132 valence electrons. The molecular weight excluding hydrogens is 324 g/mol. The zero-order chi connectivity index (χ0) is 18.0. The van der Waals surface area contributed by atoms with Gasteiger partial charge in [0.05, 0.1) is 7.11 Å². The van der Waals surface area contributed by atoms with Crippen LogP contribution in [0.2, 0.25) is 0 Å². The van der Waals surface area contributed by atoms with Crippen LogP contribution in [0.25, 0.3) is 6.08 Å². The largest absolute Gasteiger partial charge is 0.504 e. The number of rotatable bonds is 3. The maximum atomic E-state index is 12.7. The fourth-order valence-corrected chi connectivity index (χ4v) is 3.31. The molecule has 1 aromatic carbocycles. The van der Waals surface area contributed by atoms with Crippen LogP contribution in [0.5, 0.6) is 11.5 Å². The van der Waals surface area contributed by atoms with E-state index in [0.29, 0.717) is 11.3 Å². The number of barbiturate groups is 1. The molecule has 1 saturated carbocycles. The normalized spacial score (nSPS) is 20.8. The van der Waals surface area contributed by atoms with Gasteiger partial charge in [-0.3, -0.25) is 19.8 Å². The average Bonchev–Trinajstić information content (AvgIpc) is 2.59. The quantitative estimate of drug-likeness (QED) is 0.647. The van der Waals surface area contributed by atoms with Crippen molar-refractivity contribution in [2.24, 2.45) is 0 Å². The van der Waals surface area contributed by atoms with Crippen molar-refractivity contribution in [1.82, 2.24) is 10.2 Å². The molecule has 0 spiro atoms. The molecule has 0 aromatic heterocycles. The molecule has 2 fully saturated rings. The van der Waals surface area contributed by atoms with E-state index >= 15 is 0 Å². The Bertz CT molecular complexity index is 750. The first-order chi connectivity index (χ1) is 12.0. The topological polar surface area (TPSA) is 95.9 Å². The van der Waals surface area contributed by atoms with E-state index in [-0.39, 0.29) is 17.4 Å². The Morgan fingerprint density at radius 3 is 2.56 bits per heavy atom. The lowest BCUT2D eigenvalue weighted by Crippen LogP contribution is -2.58. The Morgan fingerprint density at radius 2 is 1.92 bits per heavy atom. The highest BCUT2D eigenvalue weighted by molar-refractivity contribution is 6.31. The number of carbonyl (C=O) groups excluding carboxylic acids is 3. The second-order valence-corrected chi connectivity index (χ2v) is 6.22. The number of methoxy groups -OCH3 is 1.